The van der Waals surface area contributed by atoms with Crippen LogP contribution in [0.5, 0.6) is 11.5 Å². The first-order valence-corrected chi connectivity index (χ1v) is 10.8. The lowest BCUT2D eigenvalue weighted by molar-refractivity contribution is 0.0718. The molecule has 0 unspecified atom stereocenters. The van der Waals surface area contributed by atoms with Gasteiger partial charge in [-0.1, -0.05) is 24.3 Å². The van der Waals surface area contributed by atoms with Crippen LogP contribution in [0.2, 0.25) is 0 Å². The molecule has 1 atom stereocenters. The first-order chi connectivity index (χ1) is 12.8. The SMILES string of the molecule is CCOc1cc([C@H](CS(C)(=O)=O)N2Cc3ccccc3C2=O)ccc1OC. The van der Waals surface area contributed by atoms with E-state index in [4.69, 9.17) is 9.47 Å². The summed E-state index contributed by atoms with van der Waals surface area (Å²) in [6.45, 7) is 2.69. The number of rotatable bonds is 7. The molecule has 0 spiro atoms. The Morgan fingerprint density at radius 1 is 1.15 bits per heavy atom. The van der Waals surface area contributed by atoms with Crippen molar-refractivity contribution in [1.82, 2.24) is 4.90 Å². The standard InChI is InChI=1S/C20H23NO5S/c1-4-26-19-11-14(9-10-18(19)25-2)17(13-27(3,23)24)21-12-15-7-5-6-8-16(15)20(21)22/h5-11,17H,4,12-13H2,1-3H3/t17-/m0/s1. The number of nitrogens with zero attached hydrogens (tertiary/aromatic N) is 1. The normalized spacial score (nSPS) is 14.8. The number of carbonyl (C=O) groups excluding carboxylic acids is 1. The number of hydrogen-bond acceptors (Lipinski definition) is 5. The lowest BCUT2D eigenvalue weighted by Gasteiger charge is -2.28. The van der Waals surface area contributed by atoms with Gasteiger partial charge in [-0.15, -0.1) is 0 Å². The van der Waals surface area contributed by atoms with Crippen molar-refractivity contribution in [3.05, 3.63) is 59.2 Å². The number of sulfone groups is 1. The topological polar surface area (TPSA) is 72.9 Å². The van der Waals surface area contributed by atoms with Gasteiger partial charge >= 0.3 is 0 Å². The zero-order valence-electron chi connectivity index (χ0n) is 15.6. The van der Waals surface area contributed by atoms with Gasteiger partial charge in [0.05, 0.1) is 25.5 Å². The molecule has 0 aromatic heterocycles. The molecule has 3 rings (SSSR count). The quantitative estimate of drug-likeness (QED) is 0.728. The summed E-state index contributed by atoms with van der Waals surface area (Å²) in [7, 11) is -1.78. The number of hydrogen-bond donors (Lipinski definition) is 0. The van der Waals surface area contributed by atoms with Gasteiger partial charge < -0.3 is 14.4 Å². The molecule has 2 aromatic carbocycles. The van der Waals surface area contributed by atoms with E-state index in [1.165, 1.54) is 6.26 Å². The van der Waals surface area contributed by atoms with E-state index in [0.29, 0.717) is 35.8 Å². The fraction of sp³-hybridized carbons (Fsp3) is 0.350. The van der Waals surface area contributed by atoms with Gasteiger partial charge in [-0.05, 0) is 36.2 Å². The molecular weight excluding hydrogens is 366 g/mol. The summed E-state index contributed by atoms with van der Waals surface area (Å²) in [5, 5.41) is 0. The fourth-order valence-corrected chi connectivity index (χ4v) is 4.30. The minimum absolute atomic E-state index is 0.159. The maximum atomic E-state index is 12.9. The second-order valence-corrected chi connectivity index (χ2v) is 8.73. The van der Waals surface area contributed by atoms with Crippen LogP contribution in [0, 0.1) is 0 Å². The van der Waals surface area contributed by atoms with E-state index in [1.54, 1.807) is 36.3 Å². The van der Waals surface area contributed by atoms with E-state index < -0.39 is 15.9 Å². The molecule has 6 nitrogen and oxygen atoms in total. The lowest BCUT2D eigenvalue weighted by Crippen LogP contribution is -2.33. The van der Waals surface area contributed by atoms with Crippen molar-refractivity contribution in [2.24, 2.45) is 0 Å². The van der Waals surface area contributed by atoms with Crippen LogP contribution in [0.4, 0.5) is 0 Å². The maximum absolute atomic E-state index is 12.9. The summed E-state index contributed by atoms with van der Waals surface area (Å²) >= 11 is 0. The Morgan fingerprint density at radius 2 is 1.89 bits per heavy atom. The number of benzene rings is 2. The van der Waals surface area contributed by atoms with Crippen LogP contribution >= 0.6 is 0 Å². The molecular formula is C20H23NO5S. The highest BCUT2D eigenvalue weighted by atomic mass is 32.2. The highest BCUT2D eigenvalue weighted by Gasteiger charge is 2.35. The maximum Gasteiger partial charge on any atom is 0.255 e. The smallest absolute Gasteiger partial charge is 0.255 e. The fourth-order valence-electron chi connectivity index (χ4n) is 3.35. The molecule has 144 valence electrons. The number of fused-ring (bicyclic) bond motifs is 1. The van der Waals surface area contributed by atoms with Crippen LogP contribution in [0.3, 0.4) is 0 Å². The van der Waals surface area contributed by atoms with Crippen molar-refractivity contribution >= 4 is 15.7 Å². The molecule has 0 bridgehead atoms. The molecule has 0 saturated carbocycles. The molecule has 1 aliphatic heterocycles. The summed E-state index contributed by atoms with van der Waals surface area (Å²) in [5.74, 6) is 0.771. The van der Waals surface area contributed by atoms with Crippen LogP contribution in [0.1, 0.15) is 34.5 Å². The number of methoxy groups -OCH3 is 1. The molecule has 0 N–H and O–H groups in total. The van der Waals surface area contributed by atoms with E-state index >= 15 is 0 Å². The predicted octanol–water partition coefficient (Wildman–Crippen LogP) is 2.84. The van der Waals surface area contributed by atoms with Gasteiger partial charge in [-0.3, -0.25) is 4.79 Å². The van der Waals surface area contributed by atoms with E-state index in [-0.39, 0.29) is 11.7 Å². The second kappa shape index (κ2) is 7.60. The van der Waals surface area contributed by atoms with Crippen molar-refractivity contribution in [3.63, 3.8) is 0 Å². The minimum Gasteiger partial charge on any atom is -0.493 e. The van der Waals surface area contributed by atoms with Crippen LogP contribution in [-0.4, -0.2) is 45.0 Å². The van der Waals surface area contributed by atoms with Crippen molar-refractivity contribution in [2.75, 3.05) is 25.7 Å². The van der Waals surface area contributed by atoms with Gasteiger partial charge in [-0.2, -0.15) is 0 Å². The Hall–Kier alpha value is -2.54. The lowest BCUT2D eigenvalue weighted by atomic mass is 10.1. The van der Waals surface area contributed by atoms with E-state index in [0.717, 1.165) is 5.56 Å². The van der Waals surface area contributed by atoms with Gasteiger partial charge in [0.15, 0.2) is 11.5 Å². The van der Waals surface area contributed by atoms with Crippen LogP contribution < -0.4 is 9.47 Å². The molecule has 27 heavy (non-hydrogen) atoms. The summed E-state index contributed by atoms with van der Waals surface area (Å²) in [6, 6.07) is 12.0. The molecule has 1 amide bonds. The van der Waals surface area contributed by atoms with Crippen molar-refractivity contribution in [2.45, 2.75) is 19.5 Å². The highest BCUT2D eigenvalue weighted by Crippen LogP contribution is 2.36. The molecule has 0 radical (unpaired) electrons. The first kappa shape index (κ1) is 19.2. The highest BCUT2D eigenvalue weighted by molar-refractivity contribution is 7.90. The van der Waals surface area contributed by atoms with Crippen molar-refractivity contribution < 1.29 is 22.7 Å². The monoisotopic (exact) mass is 389 g/mol. The Morgan fingerprint density at radius 3 is 2.52 bits per heavy atom. The van der Waals surface area contributed by atoms with Gasteiger partial charge in [0.2, 0.25) is 0 Å². The largest absolute Gasteiger partial charge is 0.493 e. The summed E-state index contributed by atoms with van der Waals surface area (Å²) in [4.78, 5) is 14.5. The average molecular weight is 389 g/mol. The van der Waals surface area contributed by atoms with Gasteiger partial charge in [-0.25, -0.2) is 8.42 Å². The molecule has 2 aromatic rings. The minimum atomic E-state index is -3.33. The first-order valence-electron chi connectivity index (χ1n) is 8.71. The van der Waals surface area contributed by atoms with Crippen LogP contribution in [-0.2, 0) is 16.4 Å². The zero-order chi connectivity index (χ0) is 19.6. The summed E-state index contributed by atoms with van der Waals surface area (Å²) < 4.78 is 35.1. The molecule has 0 saturated heterocycles. The predicted molar refractivity (Wildman–Crippen MR) is 103 cm³/mol. The Bertz CT molecular complexity index is 955. The molecule has 0 aliphatic carbocycles. The Balaban J connectivity index is 2.03. The molecule has 7 heteroatoms. The van der Waals surface area contributed by atoms with Crippen molar-refractivity contribution in [1.29, 1.82) is 0 Å². The van der Waals surface area contributed by atoms with Gasteiger partial charge in [0.1, 0.15) is 9.84 Å². The number of carbonyl (C=O) groups is 1. The van der Waals surface area contributed by atoms with Crippen LogP contribution in [0.15, 0.2) is 42.5 Å². The molecule has 1 heterocycles. The molecule has 1 aliphatic rings. The van der Waals surface area contributed by atoms with Gasteiger partial charge in [0.25, 0.3) is 5.91 Å². The third-order valence-electron chi connectivity index (χ3n) is 4.56. The molecule has 0 fully saturated rings. The number of amides is 1. The third-order valence-corrected chi connectivity index (χ3v) is 5.48. The van der Waals surface area contributed by atoms with Crippen LogP contribution in [0.25, 0.3) is 0 Å². The summed E-state index contributed by atoms with van der Waals surface area (Å²) in [6.07, 6.45) is 1.18. The zero-order valence-corrected chi connectivity index (χ0v) is 16.5. The Labute approximate surface area is 159 Å². The van der Waals surface area contributed by atoms with E-state index in [2.05, 4.69) is 0 Å². The van der Waals surface area contributed by atoms with E-state index in [9.17, 15) is 13.2 Å². The third kappa shape index (κ3) is 4.08. The van der Waals surface area contributed by atoms with Crippen molar-refractivity contribution in [3.8, 4) is 11.5 Å². The number of ether oxygens (including phenoxy) is 2. The van der Waals surface area contributed by atoms with E-state index in [1.807, 2.05) is 25.1 Å². The Kier molecular flexibility index (Phi) is 5.41. The average Bonchev–Trinajstić information content (AvgIpc) is 2.96. The summed E-state index contributed by atoms with van der Waals surface area (Å²) in [5.41, 5.74) is 2.22. The van der Waals surface area contributed by atoms with Gasteiger partial charge in [0, 0.05) is 18.4 Å². The second-order valence-electron chi connectivity index (χ2n) is 6.54.